The minimum absolute atomic E-state index is 0.0366. The molecule has 22 heavy (non-hydrogen) atoms. The quantitative estimate of drug-likeness (QED) is 0.552. The van der Waals surface area contributed by atoms with E-state index < -0.39 is 17.8 Å². The second-order valence-corrected chi connectivity index (χ2v) is 6.65. The molecule has 2 aliphatic rings. The number of amides is 4. The summed E-state index contributed by atoms with van der Waals surface area (Å²) in [6, 6.07) is -0.591. The zero-order valence-electron chi connectivity index (χ0n) is 13.8. The zero-order valence-corrected chi connectivity index (χ0v) is 13.8. The van der Waals surface area contributed by atoms with Crippen LogP contribution in [0.2, 0.25) is 0 Å². The first-order chi connectivity index (χ1) is 10.2. The monoisotopic (exact) mass is 302 g/mol. The molecule has 1 aliphatic heterocycles. The summed E-state index contributed by atoms with van der Waals surface area (Å²) in [4.78, 5) is 38.7. The number of urea groups is 1. The molecule has 0 atom stereocenters. The van der Waals surface area contributed by atoms with Crippen LogP contribution in [0.1, 0.15) is 33.6 Å². The van der Waals surface area contributed by atoms with E-state index in [-0.39, 0.29) is 11.0 Å². The van der Waals surface area contributed by atoms with Crippen molar-refractivity contribution in [2.75, 3.05) is 14.1 Å². The molecule has 0 aromatic heterocycles. The summed E-state index contributed by atoms with van der Waals surface area (Å²) in [5, 5.41) is 0. The first-order valence-electron chi connectivity index (χ1n) is 7.34. The average molecular weight is 302 g/mol. The normalized spacial score (nSPS) is 22.8. The fourth-order valence-electron chi connectivity index (χ4n) is 3.04. The van der Waals surface area contributed by atoms with E-state index in [1.54, 1.807) is 0 Å². The predicted molar refractivity (Wildman–Crippen MR) is 83.9 cm³/mol. The van der Waals surface area contributed by atoms with Gasteiger partial charge in [0.1, 0.15) is 5.57 Å². The van der Waals surface area contributed by atoms with Crippen molar-refractivity contribution >= 4 is 17.8 Å². The lowest BCUT2D eigenvalue weighted by molar-refractivity contribution is -0.134. The second-order valence-electron chi connectivity index (χ2n) is 6.65. The Labute approximate surface area is 131 Å². The molecule has 0 bridgehead atoms. The van der Waals surface area contributed by atoms with Gasteiger partial charge in [0.25, 0.3) is 11.8 Å². The van der Waals surface area contributed by atoms with Crippen molar-refractivity contribution in [3.63, 3.8) is 0 Å². The zero-order chi connectivity index (χ0) is 16.7. The van der Waals surface area contributed by atoms with Gasteiger partial charge in [-0.15, -0.1) is 0 Å². The number of nitrogens with zero attached hydrogens (tertiary/aromatic N) is 2. The summed E-state index contributed by atoms with van der Waals surface area (Å²) in [5.41, 5.74) is 1.87. The van der Waals surface area contributed by atoms with Gasteiger partial charge in [-0.1, -0.05) is 32.1 Å². The highest BCUT2D eigenvalue weighted by Gasteiger charge is 2.40. The summed E-state index contributed by atoms with van der Waals surface area (Å²) < 4.78 is 0. The fourth-order valence-corrected chi connectivity index (χ4v) is 3.04. The van der Waals surface area contributed by atoms with Crippen molar-refractivity contribution in [2.24, 2.45) is 5.41 Å². The Morgan fingerprint density at radius 2 is 1.59 bits per heavy atom. The molecule has 1 heterocycles. The average Bonchev–Trinajstić information content (AvgIpc) is 2.42. The third-order valence-corrected chi connectivity index (χ3v) is 4.02. The number of carbonyl (C=O) groups is 3. The number of hydrogen-bond donors (Lipinski definition) is 0. The molecule has 0 saturated carbocycles. The molecule has 0 spiro atoms. The Morgan fingerprint density at radius 3 is 2.09 bits per heavy atom. The van der Waals surface area contributed by atoms with Crippen LogP contribution in [0.4, 0.5) is 4.79 Å². The van der Waals surface area contributed by atoms with Gasteiger partial charge in [-0.25, -0.2) is 4.79 Å². The Hall–Kier alpha value is -2.17. The van der Waals surface area contributed by atoms with Crippen LogP contribution in [-0.2, 0) is 9.59 Å². The number of barbiturate groups is 1. The maximum absolute atomic E-state index is 12.4. The number of carbonyl (C=O) groups excluding carboxylic acids is 3. The van der Waals surface area contributed by atoms with Crippen molar-refractivity contribution in [1.82, 2.24) is 9.80 Å². The SMILES string of the molecule is C/C=C/C1=CC(=C2C(=O)N(C)C(=O)N(C)C2=O)CC(C)(C)C1. The van der Waals surface area contributed by atoms with E-state index in [1.165, 1.54) is 14.1 Å². The van der Waals surface area contributed by atoms with Gasteiger partial charge in [-0.05, 0) is 36.3 Å². The molecule has 118 valence electrons. The number of allylic oxidation sites excluding steroid dienone is 5. The van der Waals surface area contributed by atoms with Crippen LogP contribution >= 0.6 is 0 Å². The largest absolute Gasteiger partial charge is 0.333 e. The molecule has 1 saturated heterocycles. The van der Waals surface area contributed by atoms with Gasteiger partial charge in [-0.3, -0.25) is 19.4 Å². The van der Waals surface area contributed by atoms with Gasteiger partial charge in [0, 0.05) is 14.1 Å². The van der Waals surface area contributed by atoms with Crippen LogP contribution in [0.25, 0.3) is 0 Å². The fraction of sp³-hybridized carbons (Fsp3) is 0.471. The first-order valence-corrected chi connectivity index (χ1v) is 7.34. The van der Waals surface area contributed by atoms with E-state index in [9.17, 15) is 14.4 Å². The molecule has 0 radical (unpaired) electrons. The van der Waals surface area contributed by atoms with Crippen molar-refractivity contribution in [1.29, 1.82) is 0 Å². The van der Waals surface area contributed by atoms with Gasteiger partial charge < -0.3 is 0 Å². The van der Waals surface area contributed by atoms with Crippen LogP contribution in [0.15, 0.2) is 34.9 Å². The lowest BCUT2D eigenvalue weighted by Crippen LogP contribution is -2.53. The van der Waals surface area contributed by atoms with Gasteiger partial charge in [0.15, 0.2) is 0 Å². The molecule has 5 nitrogen and oxygen atoms in total. The van der Waals surface area contributed by atoms with Crippen molar-refractivity contribution in [3.8, 4) is 0 Å². The Morgan fingerprint density at radius 1 is 1.05 bits per heavy atom. The van der Waals surface area contributed by atoms with E-state index in [0.29, 0.717) is 12.0 Å². The molecule has 2 rings (SSSR count). The number of rotatable bonds is 1. The van der Waals surface area contributed by atoms with E-state index in [0.717, 1.165) is 21.8 Å². The Balaban J connectivity index is 2.60. The molecule has 4 amide bonds. The summed E-state index contributed by atoms with van der Waals surface area (Å²) in [6.45, 7) is 6.16. The lowest BCUT2D eigenvalue weighted by Gasteiger charge is -2.34. The molecule has 1 fully saturated rings. The predicted octanol–water partition coefficient (Wildman–Crippen LogP) is 2.66. The van der Waals surface area contributed by atoms with Crippen LogP contribution in [0.5, 0.6) is 0 Å². The van der Waals surface area contributed by atoms with Gasteiger partial charge in [-0.2, -0.15) is 0 Å². The van der Waals surface area contributed by atoms with Gasteiger partial charge >= 0.3 is 6.03 Å². The minimum atomic E-state index is -0.591. The lowest BCUT2D eigenvalue weighted by atomic mass is 9.73. The second kappa shape index (κ2) is 5.55. The topological polar surface area (TPSA) is 57.7 Å². The van der Waals surface area contributed by atoms with E-state index in [2.05, 4.69) is 13.8 Å². The minimum Gasteiger partial charge on any atom is -0.268 e. The highest BCUT2D eigenvalue weighted by Crippen LogP contribution is 2.40. The van der Waals surface area contributed by atoms with Crippen molar-refractivity contribution in [3.05, 3.63) is 34.9 Å². The molecule has 1 aliphatic carbocycles. The third-order valence-electron chi connectivity index (χ3n) is 4.02. The maximum atomic E-state index is 12.4. The van der Waals surface area contributed by atoms with E-state index in [1.807, 2.05) is 25.2 Å². The standard InChI is InChI=1S/C17H22N2O3/c1-6-7-11-8-12(10-17(2,3)9-11)13-14(20)18(4)16(22)19(5)15(13)21/h6-8H,9-10H2,1-5H3/b7-6+. The molecular formula is C17H22N2O3. The maximum Gasteiger partial charge on any atom is 0.333 e. The Kier molecular flexibility index (Phi) is 4.09. The number of hydrogen-bond acceptors (Lipinski definition) is 3. The smallest absolute Gasteiger partial charge is 0.268 e. The number of imide groups is 2. The highest BCUT2D eigenvalue weighted by atomic mass is 16.2. The molecule has 0 aromatic carbocycles. The van der Waals surface area contributed by atoms with E-state index in [4.69, 9.17) is 0 Å². The molecule has 0 N–H and O–H groups in total. The summed E-state index contributed by atoms with van der Waals surface area (Å²) in [6.07, 6.45) is 7.38. The molecule has 5 heteroatoms. The summed E-state index contributed by atoms with van der Waals surface area (Å²) >= 11 is 0. The van der Waals surface area contributed by atoms with Crippen LogP contribution in [-0.4, -0.2) is 41.7 Å². The van der Waals surface area contributed by atoms with Crippen LogP contribution < -0.4 is 0 Å². The van der Waals surface area contributed by atoms with Crippen molar-refractivity contribution in [2.45, 2.75) is 33.6 Å². The summed E-state index contributed by atoms with van der Waals surface area (Å²) in [7, 11) is 2.80. The molecular weight excluding hydrogens is 280 g/mol. The highest BCUT2D eigenvalue weighted by molar-refractivity contribution is 6.29. The molecule has 0 unspecified atom stereocenters. The number of likely N-dealkylation sites (N-methyl/N-ethyl adjacent to an activating group) is 2. The van der Waals surface area contributed by atoms with E-state index >= 15 is 0 Å². The summed E-state index contributed by atoms with van der Waals surface area (Å²) in [5.74, 6) is -1.03. The van der Waals surface area contributed by atoms with Gasteiger partial charge in [0.2, 0.25) is 0 Å². The Bertz CT molecular complexity index is 612. The van der Waals surface area contributed by atoms with Crippen LogP contribution in [0.3, 0.4) is 0 Å². The van der Waals surface area contributed by atoms with Gasteiger partial charge in [0.05, 0.1) is 0 Å². The molecule has 0 aromatic rings. The first kappa shape index (κ1) is 16.2. The van der Waals surface area contributed by atoms with Crippen molar-refractivity contribution < 1.29 is 14.4 Å². The third kappa shape index (κ3) is 2.75. The van der Waals surface area contributed by atoms with Crippen LogP contribution in [0, 0.1) is 5.41 Å².